The van der Waals surface area contributed by atoms with E-state index in [0.29, 0.717) is 0 Å². The van der Waals surface area contributed by atoms with E-state index in [9.17, 15) is 0 Å². The van der Waals surface area contributed by atoms with Crippen molar-refractivity contribution in [1.29, 1.82) is 0 Å². The normalized spacial score (nSPS) is 29.4. The van der Waals surface area contributed by atoms with Gasteiger partial charge in [0.2, 0.25) is 0 Å². The van der Waals surface area contributed by atoms with Crippen molar-refractivity contribution in [2.75, 3.05) is 0 Å². The number of nitrogens with zero attached hydrogens (tertiary/aromatic N) is 2. The minimum Gasteiger partial charge on any atom is -0.303 e. The molecule has 0 N–H and O–H groups in total. The van der Waals surface area contributed by atoms with Crippen molar-refractivity contribution in [2.24, 2.45) is 15.8 Å². The molecule has 14 aliphatic carbocycles. The zero-order valence-corrected chi connectivity index (χ0v) is 43.8. The number of aldehydes is 1. The lowest BCUT2D eigenvalue weighted by atomic mass is 9.66. The number of aliphatic imine (C=N–C) groups is 1. The maximum absolute atomic E-state index is 16.5. The highest BCUT2D eigenvalue weighted by atomic mass is 16.1. The van der Waals surface area contributed by atoms with Gasteiger partial charge in [-0.15, -0.1) is 0 Å². The van der Waals surface area contributed by atoms with E-state index in [2.05, 4.69) is 47.6 Å². The Hall–Kier alpha value is -9.57. The van der Waals surface area contributed by atoms with Crippen molar-refractivity contribution in [2.45, 2.75) is 60.2 Å². The second kappa shape index (κ2) is 7.86. The van der Waals surface area contributed by atoms with Gasteiger partial charge in [-0.2, -0.15) is 0 Å². The second-order valence-corrected chi connectivity index (χ2v) is 31.0. The first-order valence-corrected chi connectivity index (χ1v) is 31.8. The van der Waals surface area contributed by atoms with Gasteiger partial charge in [0.15, 0.2) is 0 Å². The monoisotopic (exact) mass is 1040 g/mol. The molecule has 40 rings (SSSR count). The van der Waals surface area contributed by atoms with Crippen LogP contribution in [0.1, 0.15) is 81.3 Å². The third-order valence-corrected chi connectivity index (χ3v) is 31.1. The smallest absolute Gasteiger partial charge is 0.128 e. The molecule has 362 valence electrons. The van der Waals surface area contributed by atoms with E-state index in [4.69, 9.17) is 4.99 Å². The fourth-order valence-corrected chi connectivity index (χ4v) is 31.0. The molecular weight excluding hydrogens is 1020 g/mol. The molecule has 14 aliphatic rings. The van der Waals surface area contributed by atoms with Gasteiger partial charge in [0.1, 0.15) is 6.29 Å². The maximum Gasteiger partial charge on any atom is 0.128 e. The quantitative estimate of drug-likeness (QED) is 0.101. The molecule has 84 heavy (non-hydrogen) atoms. The van der Waals surface area contributed by atoms with Crippen molar-refractivity contribution in [3.8, 4) is 11.1 Å². The van der Waals surface area contributed by atoms with E-state index < -0.39 is 32.5 Å². The highest BCUT2D eigenvalue weighted by Gasteiger charge is 2.99. The van der Waals surface area contributed by atoms with Crippen LogP contribution in [0.5, 0.6) is 0 Å². The molecule has 3 heteroatoms. The zero-order valence-electron chi connectivity index (χ0n) is 43.8. The molecule has 26 aromatic rings. The van der Waals surface area contributed by atoms with Gasteiger partial charge in [0.05, 0.1) is 21.9 Å². The summed E-state index contributed by atoms with van der Waals surface area (Å²) in [7, 11) is 0. The van der Waals surface area contributed by atoms with Crippen LogP contribution in [-0.2, 0) is 39.3 Å². The van der Waals surface area contributed by atoms with Crippen LogP contribution < -0.4 is 0 Å². The average molecular weight is 1040 g/mol. The van der Waals surface area contributed by atoms with Crippen LogP contribution in [0.15, 0.2) is 53.8 Å². The predicted molar refractivity (Wildman–Crippen MR) is 342 cm³/mol. The maximum atomic E-state index is 16.5. The Morgan fingerprint density at radius 1 is 0.298 bits per heavy atom. The van der Waals surface area contributed by atoms with E-state index in [1.165, 1.54) is 11.1 Å². The number of hydrogen-bond donors (Lipinski definition) is 0. The molecular formula is C81H22N2O. The fraction of sp³-hybridized carbons (Fsp3) is 0.148. The highest BCUT2D eigenvalue weighted by Crippen LogP contribution is 3.02. The van der Waals surface area contributed by atoms with Crippen LogP contribution in [0.3, 0.4) is 0 Å². The van der Waals surface area contributed by atoms with Crippen molar-refractivity contribution < 1.29 is 4.79 Å². The molecule has 0 aliphatic heterocycles. The number of benzene rings is 17. The minimum absolute atomic E-state index is 0.399. The molecule has 3 nitrogen and oxygen atoms in total. The first-order valence-electron chi connectivity index (χ1n) is 31.8. The lowest BCUT2D eigenvalue weighted by Crippen LogP contribution is -2.28. The molecule has 12 bridgehead atoms. The number of pyridine rings is 1. The summed E-state index contributed by atoms with van der Waals surface area (Å²) in [4.78, 5) is 27.1. The van der Waals surface area contributed by atoms with Gasteiger partial charge in [-0.05, 0) is 365 Å². The Kier molecular flexibility index (Phi) is 3.13. The Balaban J connectivity index is 1.01. The minimum atomic E-state index is -0.665. The van der Waals surface area contributed by atoms with E-state index in [0.717, 1.165) is 44.2 Å². The van der Waals surface area contributed by atoms with Gasteiger partial charge < -0.3 is 4.79 Å². The summed E-state index contributed by atoms with van der Waals surface area (Å²) in [5.41, 5.74) is 17.6. The lowest BCUT2D eigenvalue weighted by molar-refractivity contribution is -0.113. The Morgan fingerprint density at radius 2 is 0.536 bits per heavy atom. The summed E-state index contributed by atoms with van der Waals surface area (Å²) < 4.78 is 0. The summed E-state index contributed by atoms with van der Waals surface area (Å²) in [6, 6.07) is 14.2. The van der Waals surface area contributed by atoms with E-state index in [-0.39, 0.29) is 0 Å². The van der Waals surface area contributed by atoms with Gasteiger partial charge in [0, 0.05) is 34.9 Å². The van der Waals surface area contributed by atoms with Crippen LogP contribution >= 0.6 is 0 Å². The molecule has 0 radical (unpaired) electrons. The van der Waals surface area contributed by atoms with Gasteiger partial charge in [-0.3, -0.25) is 9.98 Å². The summed E-state index contributed by atoms with van der Waals surface area (Å²) in [5, 5.41) is 74.6. The predicted octanol–water partition coefficient (Wildman–Crippen LogP) is 19.2. The lowest BCUT2D eigenvalue weighted by Gasteiger charge is -2.34. The van der Waals surface area contributed by atoms with Gasteiger partial charge >= 0.3 is 0 Å². The number of aromatic nitrogens is 1. The average Bonchev–Trinajstić information content (AvgIpc) is 1.35. The molecule has 1 heterocycles. The Labute approximate surface area is 464 Å². The summed E-state index contributed by atoms with van der Waals surface area (Å²) in [5.74, 6) is 0. The number of carbonyl (C=O) groups excluding carboxylic acids is 1. The topological polar surface area (TPSA) is 42.3 Å². The van der Waals surface area contributed by atoms with Gasteiger partial charge in [-0.1, -0.05) is 24.3 Å². The number of aryl methyl sites for hydroxylation is 2. The SMILES string of the molecule is O=CC12CCCc3ccc(cc3)CCCC3(C=Nc4ccncc4)C45c6c7c8c9c%10c%11c%12c%13c%14c%15c%16c(c-7c7c%17c%18c(c%19c%20c4c4c6c9c6c%10c9c%12c%10c%12c%13c%13c%15c(c%16%17)c%15c%18c%16c%19c%17c%20c%18c4c6c4c9c%10c6c(c%184)c%17c4c%16c%15c%13c%12c46)C735)C81C%11%142. The van der Waals surface area contributed by atoms with Crippen LogP contribution in [0.25, 0.3) is 259 Å². The van der Waals surface area contributed by atoms with E-state index in [1.54, 1.807) is 310 Å². The largest absolute Gasteiger partial charge is 0.303 e. The summed E-state index contributed by atoms with van der Waals surface area (Å²) in [6.07, 6.45) is 14.4. The van der Waals surface area contributed by atoms with Crippen molar-refractivity contribution in [3.63, 3.8) is 0 Å². The second-order valence-electron chi connectivity index (χ2n) is 31.0. The Morgan fingerprint density at radius 3 is 0.833 bits per heavy atom. The summed E-state index contributed by atoms with van der Waals surface area (Å²) >= 11 is 0. The molecule has 3 atom stereocenters. The molecule has 4 spiro atoms. The highest BCUT2D eigenvalue weighted by molar-refractivity contribution is 6.79. The van der Waals surface area contributed by atoms with Crippen molar-refractivity contribution in [3.05, 3.63) is 104 Å². The molecule has 3 unspecified atom stereocenters. The molecule has 25 aromatic carbocycles. The van der Waals surface area contributed by atoms with Crippen LogP contribution in [0, 0.1) is 10.8 Å². The third-order valence-electron chi connectivity index (χ3n) is 31.1. The van der Waals surface area contributed by atoms with E-state index >= 15 is 4.79 Å². The number of rotatable bonds is 3. The standard InChI is InChI=1S/C81H22N2O/c84-16-77-12-2-4-18-7-5-17(6-8-18)3-1-11-76(15-83-19-9-13-82-14-10-19)78-68-54-48-37-29-22-20-21-23-28(22)41(48)49-38-30(23)27-32-25(21)34-33-24(20)31-26(29)35-42-50-39(31)44(33)56-57-45(34)40(32)51-43-36(27)47(38)59-63-53(43)65-61(51)71(57)80(77)70(56)60(50)64-52(42)62(58(68)46(35)37)72(78)66-67(75(65)81(77,80)74(64)66)73(63)79(76,78)69(59)55(49)54/h5-10,13-16H,1-4,11-12H2. The van der Waals surface area contributed by atoms with E-state index in [1.807, 2.05) is 12.4 Å². The molecule has 1 aromatic heterocycles. The Bertz CT molecular complexity index is 7790. The number of hydrogen-bond acceptors (Lipinski definition) is 3. The van der Waals surface area contributed by atoms with Crippen LogP contribution in [0.4, 0.5) is 5.69 Å². The molecule has 0 saturated heterocycles. The van der Waals surface area contributed by atoms with Gasteiger partial charge in [0.25, 0.3) is 0 Å². The number of carbonyl (C=O) groups is 1. The molecule has 2 saturated carbocycles. The fourth-order valence-electron chi connectivity index (χ4n) is 31.0. The zero-order chi connectivity index (χ0) is 50.8. The van der Waals surface area contributed by atoms with Crippen LogP contribution in [0.2, 0.25) is 0 Å². The molecule has 0 amide bonds. The molecule has 2 fully saturated rings. The van der Waals surface area contributed by atoms with Gasteiger partial charge in [-0.25, -0.2) is 0 Å². The van der Waals surface area contributed by atoms with Crippen molar-refractivity contribution >= 4 is 266 Å². The first kappa shape index (κ1) is 33.5. The van der Waals surface area contributed by atoms with Crippen LogP contribution in [-0.4, -0.2) is 17.5 Å². The summed E-state index contributed by atoms with van der Waals surface area (Å²) in [6.45, 7) is 0. The van der Waals surface area contributed by atoms with Crippen molar-refractivity contribution in [1.82, 2.24) is 4.98 Å². The first-order chi connectivity index (χ1) is 41.8. The third kappa shape index (κ3) is 1.83.